The molecular weight excluding hydrogens is 293 g/mol. The lowest BCUT2D eigenvalue weighted by Crippen LogP contribution is -2.33. The van der Waals surface area contributed by atoms with Gasteiger partial charge in [0.05, 0.1) is 18.0 Å². The van der Waals surface area contributed by atoms with E-state index in [0.29, 0.717) is 6.54 Å². The number of aromatic carboxylic acids is 1. The molecule has 1 aliphatic heterocycles. The first-order valence-electron chi connectivity index (χ1n) is 6.85. The molecule has 3 N–H and O–H groups in total. The Hall–Kier alpha value is -2.48. The molecule has 1 atom stereocenters. The van der Waals surface area contributed by atoms with Crippen LogP contribution in [0, 0.1) is 5.82 Å². The maximum Gasteiger partial charge on any atom is 0.341 e. The molecule has 0 aliphatic carbocycles. The number of halogens is 1. The van der Waals surface area contributed by atoms with Crippen LogP contribution in [0.4, 0.5) is 10.2 Å². The Morgan fingerprint density at radius 3 is 3.00 bits per heavy atom. The third-order valence-corrected chi connectivity index (χ3v) is 3.89. The second kappa shape index (κ2) is 5.38. The Balaban J connectivity index is 2.16. The summed E-state index contributed by atoms with van der Waals surface area (Å²) in [7, 11) is 0. The van der Waals surface area contributed by atoms with Crippen molar-refractivity contribution in [3.8, 4) is 0 Å². The van der Waals surface area contributed by atoms with Gasteiger partial charge in [-0.2, -0.15) is 0 Å². The maximum absolute atomic E-state index is 14.3. The van der Waals surface area contributed by atoms with Crippen molar-refractivity contribution in [2.45, 2.75) is 18.9 Å². The molecule has 7 nitrogen and oxygen atoms in total. The molecule has 8 heteroatoms. The molecule has 0 aromatic carbocycles. The molecule has 1 saturated heterocycles. The fourth-order valence-corrected chi connectivity index (χ4v) is 2.78. The van der Waals surface area contributed by atoms with Crippen LogP contribution in [0.25, 0.3) is 11.0 Å². The molecule has 2 aromatic heterocycles. The Morgan fingerprint density at radius 1 is 1.55 bits per heavy atom. The molecule has 3 heterocycles. The Bertz CT molecular complexity index is 805. The number of rotatable bonds is 3. The molecule has 22 heavy (non-hydrogen) atoms. The van der Waals surface area contributed by atoms with Crippen LogP contribution in [0.2, 0.25) is 0 Å². The van der Waals surface area contributed by atoms with Crippen LogP contribution in [-0.4, -0.2) is 45.3 Å². The number of carbonyl (C=O) groups is 1. The van der Waals surface area contributed by atoms with Crippen molar-refractivity contribution in [3.63, 3.8) is 0 Å². The van der Waals surface area contributed by atoms with E-state index in [1.54, 1.807) is 4.90 Å². The summed E-state index contributed by atoms with van der Waals surface area (Å²) in [6.45, 7) is 0.464. The molecule has 116 valence electrons. The number of aliphatic hydroxyl groups excluding tert-OH is 1. The highest BCUT2D eigenvalue weighted by atomic mass is 19.1. The SMILES string of the molecule is O=C(O)c1c[nH]c2nc(N3CCC[C@@H]3CO)c(F)cc2c1=O. The molecule has 1 aliphatic rings. The van der Waals surface area contributed by atoms with E-state index in [-0.39, 0.29) is 29.5 Å². The van der Waals surface area contributed by atoms with Gasteiger partial charge in [-0.05, 0) is 18.9 Å². The highest BCUT2D eigenvalue weighted by molar-refractivity contribution is 5.91. The van der Waals surface area contributed by atoms with E-state index >= 15 is 0 Å². The molecule has 1 fully saturated rings. The van der Waals surface area contributed by atoms with Crippen LogP contribution in [0.15, 0.2) is 17.1 Å². The van der Waals surface area contributed by atoms with Crippen molar-refractivity contribution >= 4 is 22.8 Å². The normalized spacial score (nSPS) is 18.1. The van der Waals surface area contributed by atoms with E-state index in [1.807, 2.05) is 0 Å². The number of aliphatic hydroxyl groups is 1. The zero-order valence-electron chi connectivity index (χ0n) is 11.5. The number of anilines is 1. The third kappa shape index (κ3) is 2.21. The van der Waals surface area contributed by atoms with Crippen LogP contribution in [0.3, 0.4) is 0 Å². The number of carboxylic acid groups (broad SMARTS) is 1. The minimum Gasteiger partial charge on any atom is -0.477 e. The predicted octanol–water partition coefficient (Wildman–Crippen LogP) is 0.721. The summed E-state index contributed by atoms with van der Waals surface area (Å²) in [6, 6.07) is 0.792. The second-order valence-corrected chi connectivity index (χ2v) is 5.20. The summed E-state index contributed by atoms with van der Waals surface area (Å²) in [5, 5.41) is 18.1. The van der Waals surface area contributed by atoms with Crippen molar-refractivity contribution in [1.29, 1.82) is 0 Å². The number of aromatic nitrogens is 2. The van der Waals surface area contributed by atoms with Gasteiger partial charge in [0.15, 0.2) is 11.6 Å². The monoisotopic (exact) mass is 307 g/mol. The zero-order valence-corrected chi connectivity index (χ0v) is 11.5. The number of fused-ring (bicyclic) bond motifs is 1. The van der Waals surface area contributed by atoms with Gasteiger partial charge < -0.3 is 20.1 Å². The van der Waals surface area contributed by atoms with Crippen LogP contribution in [0.1, 0.15) is 23.2 Å². The summed E-state index contributed by atoms with van der Waals surface area (Å²) in [4.78, 5) is 31.3. The van der Waals surface area contributed by atoms with Gasteiger partial charge >= 0.3 is 5.97 Å². The van der Waals surface area contributed by atoms with E-state index in [9.17, 15) is 19.1 Å². The summed E-state index contributed by atoms with van der Waals surface area (Å²) in [6.07, 6.45) is 2.61. The maximum atomic E-state index is 14.3. The molecule has 2 aromatic rings. The van der Waals surface area contributed by atoms with Crippen molar-refractivity contribution in [2.24, 2.45) is 0 Å². The lowest BCUT2D eigenvalue weighted by molar-refractivity contribution is 0.0695. The molecule has 0 amide bonds. The Morgan fingerprint density at radius 2 is 2.32 bits per heavy atom. The second-order valence-electron chi connectivity index (χ2n) is 5.20. The molecule has 0 saturated carbocycles. The quantitative estimate of drug-likeness (QED) is 0.771. The average Bonchev–Trinajstić information content (AvgIpc) is 2.95. The van der Waals surface area contributed by atoms with Gasteiger partial charge in [0, 0.05) is 12.7 Å². The number of H-pyrrole nitrogens is 1. The van der Waals surface area contributed by atoms with Crippen molar-refractivity contribution < 1.29 is 19.4 Å². The van der Waals surface area contributed by atoms with Crippen LogP contribution in [0.5, 0.6) is 0 Å². The van der Waals surface area contributed by atoms with E-state index < -0.39 is 22.8 Å². The summed E-state index contributed by atoms with van der Waals surface area (Å²) in [5.74, 6) is -2.03. The highest BCUT2D eigenvalue weighted by Crippen LogP contribution is 2.27. The average molecular weight is 307 g/mol. The van der Waals surface area contributed by atoms with Gasteiger partial charge in [-0.3, -0.25) is 4.79 Å². The molecule has 3 rings (SSSR count). The Kier molecular flexibility index (Phi) is 3.53. The largest absolute Gasteiger partial charge is 0.477 e. The van der Waals surface area contributed by atoms with Gasteiger partial charge in [-0.15, -0.1) is 0 Å². The fraction of sp³-hybridized carbons (Fsp3) is 0.357. The first-order chi connectivity index (χ1) is 10.5. The third-order valence-electron chi connectivity index (χ3n) is 3.89. The standard InChI is InChI=1S/C14H14FN3O4/c15-10-4-8-11(20)9(14(21)22)5-16-12(8)17-13(10)18-3-1-2-7(18)6-19/h4-5,7,19H,1-3,6H2,(H,21,22)(H,16,17,20)/t7-/m1/s1. The number of pyridine rings is 2. The molecule has 0 radical (unpaired) electrons. The van der Waals surface area contributed by atoms with E-state index in [0.717, 1.165) is 25.1 Å². The minimum atomic E-state index is -1.38. The first-order valence-corrected chi connectivity index (χ1v) is 6.85. The van der Waals surface area contributed by atoms with Crippen LogP contribution >= 0.6 is 0 Å². The summed E-state index contributed by atoms with van der Waals surface area (Å²) >= 11 is 0. The topological polar surface area (TPSA) is 107 Å². The fourth-order valence-electron chi connectivity index (χ4n) is 2.78. The number of nitrogens with one attached hydrogen (secondary N) is 1. The van der Waals surface area contributed by atoms with Gasteiger partial charge in [-0.25, -0.2) is 14.2 Å². The smallest absolute Gasteiger partial charge is 0.341 e. The molecular formula is C14H14FN3O4. The van der Waals surface area contributed by atoms with Gasteiger partial charge in [0.25, 0.3) is 0 Å². The van der Waals surface area contributed by atoms with Crippen molar-refractivity contribution in [2.75, 3.05) is 18.1 Å². The van der Waals surface area contributed by atoms with Crippen molar-refractivity contribution in [3.05, 3.63) is 33.9 Å². The van der Waals surface area contributed by atoms with Gasteiger partial charge in [-0.1, -0.05) is 0 Å². The lowest BCUT2D eigenvalue weighted by Gasteiger charge is -2.24. The van der Waals surface area contributed by atoms with Crippen molar-refractivity contribution in [1.82, 2.24) is 9.97 Å². The number of aromatic amines is 1. The predicted molar refractivity (Wildman–Crippen MR) is 76.7 cm³/mol. The minimum absolute atomic E-state index is 0.0581. The highest BCUT2D eigenvalue weighted by Gasteiger charge is 2.28. The molecule has 0 unspecified atom stereocenters. The van der Waals surface area contributed by atoms with Gasteiger partial charge in [0.2, 0.25) is 5.43 Å². The summed E-state index contributed by atoms with van der Waals surface area (Å²) in [5.41, 5.74) is -1.12. The van der Waals surface area contributed by atoms with E-state index in [1.165, 1.54) is 0 Å². The van der Waals surface area contributed by atoms with Crippen LogP contribution < -0.4 is 10.3 Å². The number of hydrogen-bond donors (Lipinski definition) is 3. The zero-order chi connectivity index (χ0) is 15.9. The number of hydrogen-bond acceptors (Lipinski definition) is 5. The lowest BCUT2D eigenvalue weighted by atomic mass is 10.2. The van der Waals surface area contributed by atoms with E-state index in [4.69, 9.17) is 5.11 Å². The summed E-state index contributed by atoms with van der Waals surface area (Å²) < 4.78 is 14.3. The van der Waals surface area contributed by atoms with E-state index in [2.05, 4.69) is 9.97 Å². The molecule has 0 spiro atoms. The van der Waals surface area contributed by atoms with Crippen LogP contribution in [-0.2, 0) is 0 Å². The first kappa shape index (κ1) is 14.5. The number of carboxylic acids is 1. The van der Waals surface area contributed by atoms with Gasteiger partial charge in [0.1, 0.15) is 11.2 Å². The number of nitrogens with zero attached hydrogens (tertiary/aromatic N) is 2. The molecule has 0 bridgehead atoms. The Labute approximate surface area is 124 Å².